The molecule has 5 nitrogen and oxygen atoms in total. The Morgan fingerprint density at radius 1 is 1.14 bits per heavy atom. The molecular weight excluding hydrogens is 288 g/mol. The second kappa shape index (κ2) is 5.49. The number of nitrogens with zero attached hydrogens (tertiary/aromatic N) is 1. The van der Waals surface area contributed by atoms with Gasteiger partial charge < -0.3 is 19.7 Å². The highest BCUT2D eigenvalue weighted by atomic mass is 32.1. The van der Waals surface area contributed by atoms with Crippen molar-refractivity contribution < 1.29 is 14.0 Å². The Morgan fingerprint density at radius 3 is 2.62 bits per heavy atom. The molecule has 0 atom stereocenters. The number of rotatable bonds is 4. The minimum absolute atomic E-state index is 0.377. The molecule has 0 radical (unpaired) electrons. The minimum atomic E-state index is 0.377. The van der Waals surface area contributed by atoms with Crippen LogP contribution in [0.3, 0.4) is 0 Å². The Morgan fingerprint density at radius 2 is 1.95 bits per heavy atom. The molecular formula is C15H14N2O3S. The largest absolute Gasteiger partial charge is 0.493 e. The number of nitrogen functional groups attached to an aromatic ring is 1. The Hall–Kier alpha value is -2.47. The van der Waals surface area contributed by atoms with Crippen LogP contribution in [0.5, 0.6) is 11.5 Å². The minimum Gasteiger partial charge on any atom is -0.493 e. The molecule has 6 heteroatoms. The van der Waals surface area contributed by atoms with E-state index < -0.39 is 0 Å². The van der Waals surface area contributed by atoms with Gasteiger partial charge in [-0.15, -0.1) is 11.3 Å². The molecule has 0 saturated carbocycles. The highest BCUT2D eigenvalue weighted by Gasteiger charge is 2.19. The van der Waals surface area contributed by atoms with Crippen molar-refractivity contribution in [3.63, 3.8) is 0 Å². The van der Waals surface area contributed by atoms with Crippen molar-refractivity contribution in [3.05, 3.63) is 35.7 Å². The normalized spacial score (nSPS) is 10.6. The smallest absolute Gasteiger partial charge is 0.177 e. The fourth-order valence-electron chi connectivity index (χ4n) is 2.14. The lowest BCUT2D eigenvalue weighted by molar-refractivity contribution is 0.355. The van der Waals surface area contributed by atoms with Gasteiger partial charge in [0.2, 0.25) is 0 Å². The van der Waals surface area contributed by atoms with E-state index in [1.54, 1.807) is 25.6 Å². The van der Waals surface area contributed by atoms with E-state index in [1.165, 1.54) is 0 Å². The van der Waals surface area contributed by atoms with Crippen molar-refractivity contribution in [1.82, 2.24) is 5.16 Å². The summed E-state index contributed by atoms with van der Waals surface area (Å²) in [7, 11) is 3.19. The van der Waals surface area contributed by atoms with Crippen molar-refractivity contribution >= 4 is 17.2 Å². The van der Waals surface area contributed by atoms with Crippen molar-refractivity contribution in [3.8, 4) is 33.3 Å². The van der Waals surface area contributed by atoms with Gasteiger partial charge in [0, 0.05) is 10.4 Å². The van der Waals surface area contributed by atoms with E-state index in [9.17, 15) is 0 Å². The van der Waals surface area contributed by atoms with E-state index in [-0.39, 0.29) is 0 Å². The highest BCUT2D eigenvalue weighted by Crippen LogP contribution is 2.41. The Balaban J connectivity index is 2.14. The standard InChI is InChI=1S/C15H14N2O3S/c1-18-10-6-5-9(8-11(10)19-2)14-13(15(16)17-20-14)12-4-3-7-21-12/h3-8H,1-2H3,(H2,16,17). The Labute approximate surface area is 125 Å². The van der Waals surface area contributed by atoms with Gasteiger partial charge in [-0.2, -0.15) is 0 Å². The van der Waals surface area contributed by atoms with Crippen LogP contribution < -0.4 is 15.2 Å². The average Bonchev–Trinajstić information content (AvgIpc) is 3.15. The molecule has 0 bridgehead atoms. The number of benzene rings is 1. The predicted molar refractivity (Wildman–Crippen MR) is 82.8 cm³/mol. The zero-order valence-electron chi connectivity index (χ0n) is 11.6. The fraction of sp³-hybridized carbons (Fsp3) is 0.133. The van der Waals surface area contributed by atoms with E-state index in [4.69, 9.17) is 19.7 Å². The summed E-state index contributed by atoms with van der Waals surface area (Å²) in [5.74, 6) is 2.28. The van der Waals surface area contributed by atoms with Gasteiger partial charge in [-0.1, -0.05) is 11.2 Å². The first-order valence-corrected chi connectivity index (χ1v) is 7.14. The number of methoxy groups -OCH3 is 2. The zero-order valence-corrected chi connectivity index (χ0v) is 12.4. The first-order valence-electron chi connectivity index (χ1n) is 6.26. The molecule has 0 amide bonds. The van der Waals surface area contributed by atoms with Crippen LogP contribution in [-0.2, 0) is 0 Å². The maximum atomic E-state index is 5.94. The van der Waals surface area contributed by atoms with Crippen LogP contribution >= 0.6 is 11.3 Å². The molecule has 0 unspecified atom stereocenters. The Bertz CT molecular complexity index is 750. The molecule has 21 heavy (non-hydrogen) atoms. The molecule has 0 aliphatic rings. The average molecular weight is 302 g/mol. The first-order chi connectivity index (χ1) is 10.2. The lowest BCUT2D eigenvalue weighted by Gasteiger charge is -2.08. The summed E-state index contributed by atoms with van der Waals surface area (Å²) in [5, 5.41) is 5.87. The number of aromatic nitrogens is 1. The number of hydrogen-bond donors (Lipinski definition) is 1. The van der Waals surface area contributed by atoms with E-state index >= 15 is 0 Å². The second-order valence-corrected chi connectivity index (χ2v) is 5.27. The maximum Gasteiger partial charge on any atom is 0.177 e. The number of nitrogens with two attached hydrogens (primary N) is 1. The maximum absolute atomic E-state index is 5.94. The van der Waals surface area contributed by atoms with Crippen molar-refractivity contribution in [2.75, 3.05) is 20.0 Å². The predicted octanol–water partition coefficient (Wildman–Crippen LogP) is 3.67. The molecule has 3 aromatic rings. The van der Waals surface area contributed by atoms with Crippen LogP contribution in [0.2, 0.25) is 0 Å². The molecule has 3 rings (SSSR count). The highest BCUT2D eigenvalue weighted by molar-refractivity contribution is 7.13. The summed E-state index contributed by atoms with van der Waals surface area (Å²) in [6.07, 6.45) is 0. The van der Waals surface area contributed by atoms with Gasteiger partial charge in [-0.25, -0.2) is 0 Å². The lowest BCUT2D eigenvalue weighted by Crippen LogP contribution is -1.91. The monoisotopic (exact) mass is 302 g/mol. The van der Waals surface area contributed by atoms with Gasteiger partial charge in [0.25, 0.3) is 0 Å². The topological polar surface area (TPSA) is 70.5 Å². The molecule has 0 saturated heterocycles. The van der Waals surface area contributed by atoms with Crippen LogP contribution in [0.25, 0.3) is 21.8 Å². The summed E-state index contributed by atoms with van der Waals surface area (Å²) in [4.78, 5) is 1.01. The summed E-state index contributed by atoms with van der Waals surface area (Å²) in [6.45, 7) is 0. The number of ether oxygens (including phenoxy) is 2. The first kappa shape index (κ1) is 13.5. The zero-order chi connectivity index (χ0) is 14.8. The summed E-state index contributed by atoms with van der Waals surface area (Å²) in [5.41, 5.74) is 7.58. The van der Waals surface area contributed by atoms with Crippen molar-refractivity contribution in [2.24, 2.45) is 0 Å². The van der Waals surface area contributed by atoms with Crippen molar-refractivity contribution in [2.45, 2.75) is 0 Å². The van der Waals surface area contributed by atoms with Crippen LogP contribution in [-0.4, -0.2) is 19.4 Å². The number of hydrogen-bond acceptors (Lipinski definition) is 6. The lowest BCUT2D eigenvalue weighted by atomic mass is 10.1. The molecule has 0 spiro atoms. The fourth-order valence-corrected chi connectivity index (χ4v) is 2.91. The third-order valence-corrected chi connectivity index (χ3v) is 4.02. The molecule has 108 valence electrons. The van der Waals surface area contributed by atoms with E-state index in [1.807, 2.05) is 35.7 Å². The number of thiophene rings is 1. The summed E-state index contributed by atoms with van der Waals surface area (Å²) >= 11 is 1.59. The van der Waals surface area contributed by atoms with E-state index in [0.717, 1.165) is 16.0 Å². The third kappa shape index (κ3) is 2.34. The van der Waals surface area contributed by atoms with Crippen LogP contribution in [0.15, 0.2) is 40.2 Å². The van der Waals surface area contributed by atoms with Gasteiger partial charge in [0.05, 0.1) is 19.8 Å². The molecule has 1 aromatic carbocycles. The molecule has 2 aromatic heterocycles. The van der Waals surface area contributed by atoms with Gasteiger partial charge in [0.1, 0.15) is 0 Å². The SMILES string of the molecule is COc1ccc(-c2onc(N)c2-c2cccs2)cc1OC. The Kier molecular flexibility index (Phi) is 3.53. The quantitative estimate of drug-likeness (QED) is 0.796. The molecule has 2 N–H and O–H groups in total. The molecule has 0 aliphatic carbocycles. The van der Waals surface area contributed by atoms with Crippen molar-refractivity contribution in [1.29, 1.82) is 0 Å². The van der Waals surface area contributed by atoms with Crippen LogP contribution in [0.1, 0.15) is 0 Å². The van der Waals surface area contributed by atoms with Gasteiger partial charge in [-0.3, -0.25) is 0 Å². The van der Waals surface area contributed by atoms with Gasteiger partial charge in [0.15, 0.2) is 23.1 Å². The van der Waals surface area contributed by atoms with E-state index in [0.29, 0.717) is 23.1 Å². The third-order valence-electron chi connectivity index (χ3n) is 3.13. The summed E-state index contributed by atoms with van der Waals surface area (Å²) in [6, 6.07) is 9.50. The molecule has 0 aliphatic heterocycles. The number of anilines is 1. The van der Waals surface area contributed by atoms with E-state index in [2.05, 4.69) is 5.16 Å². The molecule has 2 heterocycles. The summed E-state index contributed by atoms with van der Waals surface area (Å²) < 4.78 is 16.0. The second-order valence-electron chi connectivity index (χ2n) is 4.32. The van der Waals surface area contributed by atoms with Gasteiger partial charge >= 0.3 is 0 Å². The van der Waals surface area contributed by atoms with Gasteiger partial charge in [-0.05, 0) is 29.6 Å². The van der Waals surface area contributed by atoms with Crippen LogP contribution in [0.4, 0.5) is 5.82 Å². The molecule has 0 fully saturated rings. The van der Waals surface area contributed by atoms with Crippen LogP contribution in [0, 0.1) is 0 Å².